The molecule has 4 rings (SSSR count). The Labute approximate surface area is 144 Å². The highest BCUT2D eigenvalue weighted by atomic mass is 19.1. The lowest BCUT2D eigenvalue weighted by molar-refractivity contribution is 0.213. The molecule has 0 spiro atoms. The van der Waals surface area contributed by atoms with Crippen LogP contribution in [0.15, 0.2) is 42.5 Å². The van der Waals surface area contributed by atoms with Crippen molar-refractivity contribution in [2.45, 2.75) is 12.8 Å². The molecule has 6 heteroatoms. The third-order valence-corrected chi connectivity index (χ3v) is 4.55. The normalized spacial score (nSPS) is 17.8. The number of benzene rings is 2. The molecule has 0 aliphatic carbocycles. The molecule has 1 aromatic heterocycles. The van der Waals surface area contributed by atoms with Crippen molar-refractivity contribution in [2.24, 2.45) is 5.92 Å². The first kappa shape index (κ1) is 16.0. The Kier molecular flexibility index (Phi) is 4.36. The molecular formula is C19H19F2N3O. The molecule has 1 atom stereocenters. The van der Waals surface area contributed by atoms with Gasteiger partial charge >= 0.3 is 0 Å². The second-order valence-corrected chi connectivity index (χ2v) is 6.35. The molecule has 0 saturated carbocycles. The van der Waals surface area contributed by atoms with Crippen molar-refractivity contribution in [3.63, 3.8) is 0 Å². The zero-order valence-corrected chi connectivity index (χ0v) is 13.7. The Bertz CT molecular complexity index is 870. The van der Waals surface area contributed by atoms with Crippen LogP contribution in [0.3, 0.4) is 0 Å². The Balaban J connectivity index is 1.69. The number of nitrogens with zero attached hydrogens (tertiary/aromatic N) is 2. The van der Waals surface area contributed by atoms with E-state index in [0.717, 1.165) is 25.9 Å². The van der Waals surface area contributed by atoms with E-state index in [2.05, 4.69) is 10.4 Å². The van der Waals surface area contributed by atoms with Gasteiger partial charge in [0.05, 0.1) is 23.2 Å². The first-order valence-corrected chi connectivity index (χ1v) is 8.49. The quantitative estimate of drug-likeness (QED) is 0.785. The molecule has 1 aliphatic rings. The van der Waals surface area contributed by atoms with Crippen LogP contribution < -0.4 is 10.1 Å². The predicted octanol–water partition coefficient (Wildman–Crippen LogP) is 3.68. The summed E-state index contributed by atoms with van der Waals surface area (Å²) in [7, 11) is 0. The Hall–Kier alpha value is -2.47. The number of rotatable bonds is 4. The minimum Gasteiger partial charge on any atom is -0.476 e. The summed E-state index contributed by atoms with van der Waals surface area (Å²) in [6, 6.07) is 10.8. The van der Waals surface area contributed by atoms with Gasteiger partial charge in [0.15, 0.2) is 0 Å². The van der Waals surface area contributed by atoms with Crippen molar-refractivity contribution in [2.75, 3.05) is 19.7 Å². The smallest absolute Gasteiger partial charge is 0.244 e. The zero-order valence-electron chi connectivity index (χ0n) is 13.7. The van der Waals surface area contributed by atoms with Gasteiger partial charge in [-0.15, -0.1) is 5.10 Å². The summed E-state index contributed by atoms with van der Waals surface area (Å²) in [6.45, 7) is 2.43. The Morgan fingerprint density at radius 1 is 1.16 bits per heavy atom. The lowest BCUT2D eigenvalue weighted by Crippen LogP contribution is -2.33. The fraction of sp³-hybridized carbons (Fsp3) is 0.316. The van der Waals surface area contributed by atoms with Gasteiger partial charge in [0.1, 0.15) is 11.6 Å². The first-order valence-electron chi connectivity index (χ1n) is 8.49. The molecule has 1 unspecified atom stereocenters. The molecule has 0 radical (unpaired) electrons. The van der Waals surface area contributed by atoms with E-state index in [-0.39, 0.29) is 17.5 Å². The van der Waals surface area contributed by atoms with Crippen molar-refractivity contribution >= 4 is 10.9 Å². The second-order valence-electron chi connectivity index (χ2n) is 6.35. The maximum Gasteiger partial charge on any atom is 0.244 e. The second kappa shape index (κ2) is 6.80. The molecule has 0 bridgehead atoms. The van der Waals surface area contributed by atoms with Crippen molar-refractivity contribution in [1.82, 2.24) is 15.1 Å². The maximum atomic E-state index is 14.4. The number of ether oxygens (including phenoxy) is 1. The van der Waals surface area contributed by atoms with Crippen LogP contribution in [-0.2, 0) is 0 Å². The summed E-state index contributed by atoms with van der Waals surface area (Å²) >= 11 is 0. The third-order valence-electron chi connectivity index (χ3n) is 4.55. The van der Waals surface area contributed by atoms with Crippen LogP contribution in [0, 0.1) is 17.6 Å². The number of piperidine rings is 1. The van der Waals surface area contributed by atoms with Crippen molar-refractivity contribution in [3.8, 4) is 11.6 Å². The van der Waals surface area contributed by atoms with E-state index in [9.17, 15) is 8.78 Å². The molecule has 25 heavy (non-hydrogen) atoms. The third kappa shape index (κ3) is 3.22. The summed E-state index contributed by atoms with van der Waals surface area (Å²) in [5.74, 6) is -0.0233. The lowest BCUT2D eigenvalue weighted by atomic mass is 10.0. The maximum absolute atomic E-state index is 14.4. The zero-order chi connectivity index (χ0) is 17.2. The number of hydrogen-bond donors (Lipinski definition) is 1. The highest BCUT2D eigenvalue weighted by Crippen LogP contribution is 2.30. The molecule has 2 heterocycles. The van der Waals surface area contributed by atoms with Gasteiger partial charge in [0, 0.05) is 12.5 Å². The van der Waals surface area contributed by atoms with E-state index in [0.29, 0.717) is 29.1 Å². The van der Waals surface area contributed by atoms with Gasteiger partial charge in [-0.2, -0.15) is 0 Å². The predicted molar refractivity (Wildman–Crippen MR) is 92.1 cm³/mol. The van der Waals surface area contributed by atoms with E-state index in [4.69, 9.17) is 4.74 Å². The molecule has 1 N–H and O–H groups in total. The van der Waals surface area contributed by atoms with Crippen LogP contribution in [0.1, 0.15) is 12.8 Å². The van der Waals surface area contributed by atoms with Gasteiger partial charge in [-0.05, 0) is 55.8 Å². The number of aromatic nitrogens is 2. The highest BCUT2D eigenvalue weighted by molar-refractivity contribution is 5.86. The van der Waals surface area contributed by atoms with E-state index in [1.807, 2.05) is 0 Å². The van der Waals surface area contributed by atoms with Gasteiger partial charge in [-0.25, -0.2) is 13.5 Å². The standard InChI is InChI=1S/C19H19F2N3O/c20-14-6-8-15(9-7-14)24-17-5-1-4-16(21)18(17)19(23-24)25-12-13-3-2-10-22-11-13/h1,4-9,13,22H,2-3,10-12H2. The first-order chi connectivity index (χ1) is 12.2. The van der Waals surface area contributed by atoms with Gasteiger partial charge in [0.2, 0.25) is 5.88 Å². The largest absolute Gasteiger partial charge is 0.476 e. The van der Waals surface area contributed by atoms with Crippen LogP contribution >= 0.6 is 0 Å². The Morgan fingerprint density at radius 3 is 2.76 bits per heavy atom. The summed E-state index contributed by atoms with van der Waals surface area (Å²) in [5.41, 5.74) is 1.26. The molecule has 1 saturated heterocycles. The van der Waals surface area contributed by atoms with Crippen molar-refractivity contribution < 1.29 is 13.5 Å². The number of fused-ring (bicyclic) bond motifs is 1. The fourth-order valence-corrected chi connectivity index (χ4v) is 3.24. The Morgan fingerprint density at radius 2 is 2.00 bits per heavy atom. The molecule has 130 valence electrons. The lowest BCUT2D eigenvalue weighted by Gasteiger charge is -2.22. The van der Waals surface area contributed by atoms with Crippen molar-refractivity contribution in [3.05, 3.63) is 54.1 Å². The number of halogens is 2. The minimum absolute atomic E-state index is 0.281. The molecule has 4 nitrogen and oxygen atoms in total. The topological polar surface area (TPSA) is 39.1 Å². The van der Waals surface area contributed by atoms with E-state index >= 15 is 0 Å². The highest BCUT2D eigenvalue weighted by Gasteiger charge is 2.19. The monoisotopic (exact) mass is 343 g/mol. The summed E-state index contributed by atoms with van der Waals surface area (Å²) in [6.07, 6.45) is 2.21. The molecular weight excluding hydrogens is 324 g/mol. The van der Waals surface area contributed by atoms with Crippen molar-refractivity contribution in [1.29, 1.82) is 0 Å². The molecule has 0 amide bonds. The van der Waals surface area contributed by atoms with Crippen LogP contribution in [0.4, 0.5) is 8.78 Å². The molecule has 1 fully saturated rings. The van der Waals surface area contributed by atoms with Gasteiger partial charge < -0.3 is 10.1 Å². The minimum atomic E-state index is -0.373. The fourth-order valence-electron chi connectivity index (χ4n) is 3.24. The van der Waals surface area contributed by atoms with E-state index in [1.54, 1.807) is 28.9 Å². The number of hydrogen-bond acceptors (Lipinski definition) is 3. The van der Waals surface area contributed by atoms with Gasteiger partial charge in [-0.1, -0.05) is 6.07 Å². The van der Waals surface area contributed by atoms with Gasteiger partial charge in [-0.3, -0.25) is 0 Å². The molecule has 1 aliphatic heterocycles. The van der Waals surface area contributed by atoms with E-state index < -0.39 is 0 Å². The van der Waals surface area contributed by atoms with E-state index in [1.165, 1.54) is 18.2 Å². The molecule has 2 aromatic carbocycles. The summed E-state index contributed by atoms with van der Waals surface area (Å²) in [4.78, 5) is 0. The average Bonchev–Trinajstić information content (AvgIpc) is 3.02. The van der Waals surface area contributed by atoms with Crippen LogP contribution in [0.5, 0.6) is 5.88 Å². The molecule has 3 aromatic rings. The average molecular weight is 343 g/mol. The van der Waals surface area contributed by atoms with Gasteiger partial charge in [0.25, 0.3) is 0 Å². The summed E-state index contributed by atoms with van der Waals surface area (Å²) < 4.78 is 35.1. The SMILES string of the molecule is Fc1ccc(-n2nc(OCC3CCCNC3)c3c(F)cccc32)cc1. The van der Waals surface area contributed by atoms with Crippen LogP contribution in [0.2, 0.25) is 0 Å². The van der Waals surface area contributed by atoms with Crippen LogP contribution in [-0.4, -0.2) is 29.5 Å². The van der Waals surface area contributed by atoms with Crippen LogP contribution in [0.25, 0.3) is 16.6 Å². The number of nitrogens with one attached hydrogen (secondary N) is 1. The summed E-state index contributed by atoms with van der Waals surface area (Å²) in [5, 5.41) is 8.14.